The number of hydrogen-bond donors (Lipinski definition) is 2. The Balaban J connectivity index is 3.18. The Kier molecular flexibility index (Phi) is 7.54. The first-order valence-corrected chi connectivity index (χ1v) is 7.52. The summed E-state index contributed by atoms with van der Waals surface area (Å²) in [6.45, 7) is 2.36. The standard InChI is InChI=1S/C14H18F3NO9/c1-5(19)24-4-8-10(25-6(2)20)11(26-7(3)21)9(12(22)27-8)18-13(23)14(15,16)17/h8-12,22H,4H2,1-3H3,(H,18,23)/t8-,9+,10+,11+,12-/m0/s1. The third-order valence-electron chi connectivity index (χ3n) is 3.28. The molecule has 27 heavy (non-hydrogen) atoms. The molecule has 5 atom stereocenters. The summed E-state index contributed by atoms with van der Waals surface area (Å²) in [5.41, 5.74) is 0. The Labute approximate surface area is 150 Å². The molecule has 13 heteroatoms. The molecule has 1 heterocycles. The van der Waals surface area contributed by atoms with Crippen molar-refractivity contribution >= 4 is 23.8 Å². The van der Waals surface area contributed by atoms with Crippen LogP contribution in [0.2, 0.25) is 0 Å². The highest BCUT2D eigenvalue weighted by Crippen LogP contribution is 2.27. The summed E-state index contributed by atoms with van der Waals surface area (Å²) >= 11 is 0. The number of nitrogens with one attached hydrogen (secondary N) is 1. The average molecular weight is 401 g/mol. The van der Waals surface area contributed by atoms with Crippen LogP contribution in [0.5, 0.6) is 0 Å². The third kappa shape index (κ3) is 6.67. The zero-order valence-electron chi connectivity index (χ0n) is 14.4. The Hall–Kier alpha value is -2.41. The molecule has 0 aromatic heterocycles. The lowest BCUT2D eigenvalue weighted by atomic mass is 9.96. The van der Waals surface area contributed by atoms with Gasteiger partial charge in [0.1, 0.15) is 18.8 Å². The molecule has 1 aliphatic rings. The van der Waals surface area contributed by atoms with Gasteiger partial charge in [-0.25, -0.2) is 0 Å². The first kappa shape index (κ1) is 22.6. The topological polar surface area (TPSA) is 137 Å². The molecule has 0 aliphatic carbocycles. The van der Waals surface area contributed by atoms with Crippen LogP contribution in [-0.2, 0) is 38.1 Å². The van der Waals surface area contributed by atoms with E-state index in [4.69, 9.17) is 18.9 Å². The Morgan fingerprint density at radius 2 is 1.52 bits per heavy atom. The number of carbonyl (C=O) groups excluding carboxylic acids is 4. The molecular weight excluding hydrogens is 383 g/mol. The van der Waals surface area contributed by atoms with Crippen molar-refractivity contribution in [3.05, 3.63) is 0 Å². The Morgan fingerprint density at radius 3 is 1.96 bits per heavy atom. The summed E-state index contributed by atoms with van der Waals surface area (Å²) in [5.74, 6) is -5.12. The molecule has 0 aromatic rings. The number of alkyl halides is 3. The highest BCUT2D eigenvalue weighted by atomic mass is 19.4. The molecule has 1 saturated heterocycles. The Morgan fingerprint density at radius 1 is 1.00 bits per heavy atom. The number of aliphatic hydroxyl groups excluding tert-OH is 1. The van der Waals surface area contributed by atoms with Gasteiger partial charge in [-0.15, -0.1) is 0 Å². The van der Waals surface area contributed by atoms with Crippen molar-refractivity contribution in [2.75, 3.05) is 6.61 Å². The molecule has 1 rings (SSSR count). The lowest BCUT2D eigenvalue weighted by molar-refractivity contribution is -0.266. The monoisotopic (exact) mass is 401 g/mol. The second-order valence-corrected chi connectivity index (χ2v) is 5.51. The van der Waals surface area contributed by atoms with Crippen LogP contribution >= 0.6 is 0 Å². The third-order valence-corrected chi connectivity index (χ3v) is 3.28. The van der Waals surface area contributed by atoms with E-state index in [2.05, 4.69) is 0 Å². The van der Waals surface area contributed by atoms with E-state index in [0.29, 0.717) is 0 Å². The van der Waals surface area contributed by atoms with Gasteiger partial charge < -0.3 is 29.4 Å². The van der Waals surface area contributed by atoms with Crippen molar-refractivity contribution in [2.45, 2.75) is 57.6 Å². The molecule has 1 aliphatic heterocycles. The molecule has 0 spiro atoms. The van der Waals surface area contributed by atoms with E-state index in [1.807, 2.05) is 0 Å². The summed E-state index contributed by atoms with van der Waals surface area (Å²) in [7, 11) is 0. The van der Waals surface area contributed by atoms with Crippen molar-refractivity contribution in [1.29, 1.82) is 0 Å². The first-order valence-electron chi connectivity index (χ1n) is 7.52. The number of halogens is 3. The van der Waals surface area contributed by atoms with Gasteiger partial charge in [0.15, 0.2) is 18.5 Å². The second-order valence-electron chi connectivity index (χ2n) is 5.51. The van der Waals surface area contributed by atoms with Gasteiger partial charge >= 0.3 is 30.0 Å². The summed E-state index contributed by atoms with van der Waals surface area (Å²) in [4.78, 5) is 44.9. The van der Waals surface area contributed by atoms with E-state index in [1.165, 1.54) is 5.32 Å². The minimum atomic E-state index is -5.30. The number of ether oxygens (including phenoxy) is 4. The number of aliphatic hydroxyl groups is 1. The smallest absolute Gasteiger partial charge is 0.463 e. The van der Waals surface area contributed by atoms with Gasteiger partial charge in [0.2, 0.25) is 0 Å². The molecular formula is C14H18F3NO9. The van der Waals surface area contributed by atoms with Crippen molar-refractivity contribution in [3.63, 3.8) is 0 Å². The predicted octanol–water partition coefficient (Wildman–Crippen LogP) is -0.823. The van der Waals surface area contributed by atoms with Gasteiger partial charge in [-0.3, -0.25) is 19.2 Å². The van der Waals surface area contributed by atoms with E-state index < -0.39 is 67.2 Å². The van der Waals surface area contributed by atoms with Crippen LogP contribution in [0, 0.1) is 0 Å². The van der Waals surface area contributed by atoms with Crippen molar-refractivity contribution < 1.29 is 56.4 Å². The van der Waals surface area contributed by atoms with Crippen LogP contribution in [0.1, 0.15) is 20.8 Å². The van der Waals surface area contributed by atoms with Gasteiger partial charge in [0, 0.05) is 20.8 Å². The number of rotatable bonds is 5. The fourth-order valence-electron chi connectivity index (χ4n) is 2.31. The van der Waals surface area contributed by atoms with Crippen molar-refractivity contribution in [2.24, 2.45) is 0 Å². The fourth-order valence-corrected chi connectivity index (χ4v) is 2.31. The highest BCUT2D eigenvalue weighted by molar-refractivity contribution is 5.82. The maximum atomic E-state index is 12.5. The molecule has 0 bridgehead atoms. The van der Waals surface area contributed by atoms with Crippen LogP contribution in [0.25, 0.3) is 0 Å². The largest absolute Gasteiger partial charge is 0.471 e. The zero-order chi connectivity index (χ0) is 20.9. The maximum Gasteiger partial charge on any atom is 0.471 e. The molecule has 1 fully saturated rings. The quantitative estimate of drug-likeness (QED) is 0.447. The maximum absolute atomic E-state index is 12.5. The molecule has 2 N–H and O–H groups in total. The molecule has 0 unspecified atom stereocenters. The molecule has 0 saturated carbocycles. The summed E-state index contributed by atoms with van der Waals surface area (Å²) in [6.07, 6.45) is -12.1. The lowest BCUT2D eigenvalue weighted by Crippen LogP contribution is -2.67. The normalized spacial score (nSPS) is 28.0. The van der Waals surface area contributed by atoms with Crippen molar-refractivity contribution in [1.82, 2.24) is 5.32 Å². The fraction of sp³-hybridized carbons (Fsp3) is 0.714. The second kappa shape index (κ2) is 8.99. The summed E-state index contributed by atoms with van der Waals surface area (Å²) < 4.78 is 57.1. The van der Waals surface area contributed by atoms with Crippen LogP contribution < -0.4 is 5.32 Å². The van der Waals surface area contributed by atoms with Crippen molar-refractivity contribution in [3.8, 4) is 0 Å². The van der Waals surface area contributed by atoms with E-state index in [-0.39, 0.29) is 0 Å². The SMILES string of the molecule is CC(=O)OC[C@@H]1O[C@H](O)[C@H](NC(=O)C(F)(F)F)[C@@H](OC(C)=O)[C@@H]1OC(C)=O. The van der Waals surface area contributed by atoms with Gasteiger partial charge in [-0.05, 0) is 0 Å². The lowest BCUT2D eigenvalue weighted by Gasteiger charge is -2.43. The van der Waals surface area contributed by atoms with Crippen LogP contribution in [0.3, 0.4) is 0 Å². The highest BCUT2D eigenvalue weighted by Gasteiger charge is 2.52. The first-order chi connectivity index (χ1) is 12.3. The molecule has 0 radical (unpaired) electrons. The predicted molar refractivity (Wildman–Crippen MR) is 76.6 cm³/mol. The van der Waals surface area contributed by atoms with Crippen LogP contribution in [0.15, 0.2) is 0 Å². The average Bonchev–Trinajstić information content (AvgIpc) is 2.49. The summed E-state index contributed by atoms with van der Waals surface area (Å²) in [6, 6.07) is -1.92. The van der Waals surface area contributed by atoms with E-state index >= 15 is 0 Å². The van der Waals surface area contributed by atoms with Gasteiger partial charge in [-0.2, -0.15) is 13.2 Å². The van der Waals surface area contributed by atoms with Gasteiger partial charge in [0.25, 0.3) is 0 Å². The zero-order valence-corrected chi connectivity index (χ0v) is 14.4. The molecule has 154 valence electrons. The number of amides is 1. The Bertz CT molecular complexity index is 595. The van der Waals surface area contributed by atoms with E-state index in [9.17, 15) is 37.5 Å². The minimum Gasteiger partial charge on any atom is -0.463 e. The number of esters is 3. The molecule has 1 amide bonds. The van der Waals surface area contributed by atoms with E-state index in [0.717, 1.165) is 20.8 Å². The molecule has 0 aromatic carbocycles. The summed E-state index contributed by atoms with van der Waals surface area (Å²) in [5, 5.41) is 11.4. The number of carbonyl (C=O) groups is 4. The minimum absolute atomic E-state index is 0.567. The van der Waals surface area contributed by atoms with E-state index in [1.54, 1.807) is 0 Å². The van der Waals surface area contributed by atoms with Crippen LogP contribution in [-0.4, -0.2) is 72.3 Å². The molecule has 10 nitrogen and oxygen atoms in total. The number of hydrogen-bond acceptors (Lipinski definition) is 9. The van der Waals surface area contributed by atoms with Gasteiger partial charge in [-0.1, -0.05) is 0 Å². The van der Waals surface area contributed by atoms with Crippen LogP contribution in [0.4, 0.5) is 13.2 Å². The van der Waals surface area contributed by atoms with Gasteiger partial charge in [0.05, 0.1) is 0 Å².